The summed E-state index contributed by atoms with van der Waals surface area (Å²) in [5.74, 6) is 1.18. The minimum Gasteiger partial charge on any atom is -0.489 e. The Hall–Kier alpha value is -4.76. The number of methoxy groups -OCH3 is 1. The molecule has 0 spiro atoms. The van der Waals surface area contributed by atoms with Gasteiger partial charge in [0.2, 0.25) is 5.13 Å². The Morgan fingerprint density at radius 2 is 1.83 bits per heavy atom. The van der Waals surface area contributed by atoms with Crippen molar-refractivity contribution in [3.63, 3.8) is 0 Å². The molecule has 7 rings (SSSR count). The number of Topliss-reactive ketones (excluding diaryl/α,β-unsaturated/α-hetero) is 1. The van der Waals surface area contributed by atoms with Gasteiger partial charge in [-0.05, 0) is 67.3 Å². The van der Waals surface area contributed by atoms with Crippen LogP contribution in [0.15, 0.2) is 84.1 Å². The van der Waals surface area contributed by atoms with Crippen molar-refractivity contribution in [3.8, 4) is 10.9 Å². The Morgan fingerprint density at radius 1 is 1.05 bits per heavy atom. The Balaban J connectivity index is 1.21. The van der Waals surface area contributed by atoms with Gasteiger partial charge in [0.25, 0.3) is 0 Å². The normalized spacial score (nSPS) is 16.1. The molecule has 42 heavy (non-hydrogen) atoms. The highest BCUT2D eigenvalue weighted by Crippen LogP contribution is 2.47. The van der Waals surface area contributed by atoms with Crippen LogP contribution in [-0.2, 0) is 16.1 Å². The van der Waals surface area contributed by atoms with E-state index >= 15 is 0 Å². The van der Waals surface area contributed by atoms with Crippen LogP contribution in [0.5, 0.6) is 5.75 Å². The molecule has 0 fully saturated rings. The molecule has 0 bridgehead atoms. The first kappa shape index (κ1) is 26.2. The number of hydrogen-bond acceptors (Lipinski definition) is 8. The maximum atomic E-state index is 13.4. The molecule has 8 nitrogen and oxygen atoms in total. The van der Waals surface area contributed by atoms with Gasteiger partial charge >= 0.3 is 5.97 Å². The first-order chi connectivity index (χ1) is 20.5. The minimum absolute atomic E-state index is 0.183. The lowest BCUT2D eigenvalue weighted by Gasteiger charge is -2.32. The zero-order chi connectivity index (χ0) is 28.8. The molecule has 3 heterocycles. The van der Waals surface area contributed by atoms with Crippen molar-refractivity contribution >= 4 is 39.1 Å². The summed E-state index contributed by atoms with van der Waals surface area (Å²) >= 11 is 1.60. The molecule has 1 aliphatic heterocycles. The second kappa shape index (κ2) is 10.6. The highest BCUT2D eigenvalue weighted by molar-refractivity contribution is 7.20. The largest absolute Gasteiger partial charge is 0.489 e. The predicted molar refractivity (Wildman–Crippen MR) is 161 cm³/mol. The van der Waals surface area contributed by atoms with Crippen LogP contribution >= 0.6 is 11.3 Å². The summed E-state index contributed by atoms with van der Waals surface area (Å²) in [7, 11) is 1.37. The third-order valence-corrected chi connectivity index (χ3v) is 8.88. The van der Waals surface area contributed by atoms with Crippen LogP contribution in [0.3, 0.4) is 0 Å². The summed E-state index contributed by atoms with van der Waals surface area (Å²) in [5.41, 5.74) is 7.07. The molecule has 2 aliphatic rings. The quantitative estimate of drug-likeness (QED) is 0.224. The average molecular weight is 577 g/mol. The van der Waals surface area contributed by atoms with Crippen molar-refractivity contribution in [2.45, 2.75) is 38.7 Å². The lowest BCUT2D eigenvalue weighted by molar-refractivity contribution is -0.116. The number of ether oxygens (including phenoxy) is 2. The molecule has 0 radical (unpaired) electrons. The van der Waals surface area contributed by atoms with Crippen molar-refractivity contribution in [2.24, 2.45) is 0 Å². The molecule has 9 heteroatoms. The van der Waals surface area contributed by atoms with Crippen molar-refractivity contribution in [1.82, 2.24) is 14.8 Å². The van der Waals surface area contributed by atoms with Crippen molar-refractivity contribution in [2.75, 3.05) is 12.4 Å². The molecular formula is C33H28N4O4S. The topological polar surface area (TPSA) is 95.3 Å². The molecule has 0 unspecified atom stereocenters. The Bertz CT molecular complexity index is 1840. The SMILES string of the molecule is COC(=O)c1ccc(COc2ccc([C@H]3C4=C(CCCC4=O)Nc4c3c(C)nn4-c3nc4ccccc4s3)cc2)cc1. The van der Waals surface area contributed by atoms with Crippen LogP contribution in [-0.4, -0.2) is 33.6 Å². The minimum atomic E-state index is -0.366. The van der Waals surface area contributed by atoms with E-state index in [0.29, 0.717) is 18.6 Å². The number of fused-ring (bicyclic) bond motifs is 2. The Morgan fingerprint density at radius 3 is 2.60 bits per heavy atom. The fourth-order valence-corrected chi connectivity index (χ4v) is 6.75. The average Bonchev–Trinajstić information content (AvgIpc) is 3.60. The van der Waals surface area contributed by atoms with Crippen LogP contribution in [0.2, 0.25) is 0 Å². The summed E-state index contributed by atoms with van der Waals surface area (Å²) in [6.07, 6.45) is 2.19. The molecule has 2 aromatic heterocycles. The maximum Gasteiger partial charge on any atom is 0.337 e. The number of allylic oxidation sites excluding steroid dienone is 2. The number of aromatic nitrogens is 3. The van der Waals surface area contributed by atoms with Crippen molar-refractivity contribution in [1.29, 1.82) is 0 Å². The number of carbonyl (C=O) groups is 2. The molecular weight excluding hydrogens is 548 g/mol. The third kappa shape index (κ3) is 4.55. The number of thiazole rings is 1. The second-order valence-electron chi connectivity index (χ2n) is 10.5. The van der Waals surface area contributed by atoms with E-state index in [9.17, 15) is 9.59 Å². The van der Waals surface area contributed by atoms with E-state index in [4.69, 9.17) is 19.6 Å². The van der Waals surface area contributed by atoms with E-state index in [1.807, 2.05) is 66.2 Å². The number of ketones is 1. The maximum absolute atomic E-state index is 13.4. The van der Waals surface area contributed by atoms with Crippen LogP contribution in [0, 0.1) is 6.92 Å². The van der Waals surface area contributed by atoms with Gasteiger partial charge in [0.05, 0.1) is 28.6 Å². The summed E-state index contributed by atoms with van der Waals surface area (Å²) in [4.78, 5) is 29.9. The number of esters is 1. The number of hydrogen-bond donors (Lipinski definition) is 1. The number of carbonyl (C=O) groups excluding carboxylic acids is 2. The van der Waals surface area contributed by atoms with E-state index in [0.717, 1.165) is 73.4 Å². The van der Waals surface area contributed by atoms with Crippen LogP contribution in [0.25, 0.3) is 15.3 Å². The third-order valence-electron chi connectivity index (χ3n) is 7.87. The van der Waals surface area contributed by atoms with Gasteiger partial charge < -0.3 is 14.8 Å². The van der Waals surface area contributed by atoms with E-state index < -0.39 is 0 Å². The van der Waals surface area contributed by atoms with Crippen molar-refractivity contribution < 1.29 is 19.1 Å². The molecule has 1 atom stereocenters. The van der Waals surface area contributed by atoms with Gasteiger partial charge in [-0.1, -0.05) is 47.7 Å². The summed E-state index contributed by atoms with van der Waals surface area (Å²) in [6, 6.07) is 23.2. The highest BCUT2D eigenvalue weighted by atomic mass is 32.1. The van der Waals surface area contributed by atoms with Crippen LogP contribution < -0.4 is 10.1 Å². The number of rotatable bonds is 6. The fraction of sp³-hybridized carbons (Fsp3) is 0.212. The summed E-state index contributed by atoms with van der Waals surface area (Å²) < 4.78 is 13.8. The highest BCUT2D eigenvalue weighted by Gasteiger charge is 2.39. The van der Waals surface area contributed by atoms with Gasteiger partial charge in [-0.3, -0.25) is 4.79 Å². The number of nitrogens with zero attached hydrogens (tertiary/aromatic N) is 3. The van der Waals surface area contributed by atoms with Crippen LogP contribution in [0.4, 0.5) is 5.82 Å². The van der Waals surface area contributed by atoms with E-state index in [2.05, 4.69) is 11.4 Å². The predicted octanol–water partition coefficient (Wildman–Crippen LogP) is 6.72. The van der Waals surface area contributed by atoms with Crippen LogP contribution in [0.1, 0.15) is 57.9 Å². The first-order valence-corrected chi connectivity index (χ1v) is 14.7. The number of para-hydroxylation sites is 1. The van der Waals surface area contributed by atoms with Gasteiger partial charge in [-0.25, -0.2) is 9.78 Å². The Labute approximate surface area is 246 Å². The lowest BCUT2D eigenvalue weighted by atomic mass is 9.76. The standard InChI is InChI=1S/C33H28N4O4S/c1-19-28-29(21-14-16-23(17-15-21)41-18-20-10-12-22(13-11-20)32(39)40-2)30-25(7-5-8-26(30)38)34-31(28)37(36-19)33-35-24-6-3-4-9-27(24)42-33/h3-4,6,9-17,29,34H,5,7-8,18H2,1-2H3/t29-/m1/s1. The second-order valence-corrected chi connectivity index (χ2v) is 11.5. The summed E-state index contributed by atoms with van der Waals surface area (Å²) in [6.45, 7) is 2.36. The van der Waals surface area contributed by atoms with E-state index in [-0.39, 0.29) is 17.7 Å². The Kier molecular flexibility index (Phi) is 6.59. The summed E-state index contributed by atoms with van der Waals surface area (Å²) in [5, 5.41) is 9.32. The molecule has 0 amide bonds. The van der Waals surface area contributed by atoms with Crippen molar-refractivity contribution in [3.05, 3.63) is 112 Å². The number of nitrogens with one attached hydrogen (secondary N) is 1. The lowest BCUT2D eigenvalue weighted by Crippen LogP contribution is -2.27. The number of anilines is 1. The molecule has 3 aromatic carbocycles. The zero-order valence-corrected chi connectivity index (χ0v) is 24.0. The van der Waals surface area contributed by atoms with Gasteiger partial charge in [0.1, 0.15) is 18.2 Å². The van der Waals surface area contributed by atoms with E-state index in [1.165, 1.54) is 7.11 Å². The van der Waals surface area contributed by atoms with Gasteiger partial charge in [0, 0.05) is 29.2 Å². The van der Waals surface area contributed by atoms with Gasteiger partial charge in [-0.15, -0.1) is 0 Å². The molecule has 210 valence electrons. The zero-order valence-electron chi connectivity index (χ0n) is 23.2. The number of benzene rings is 3. The molecule has 1 N–H and O–H groups in total. The molecule has 5 aromatic rings. The molecule has 0 saturated carbocycles. The smallest absolute Gasteiger partial charge is 0.337 e. The van der Waals surface area contributed by atoms with E-state index in [1.54, 1.807) is 23.5 Å². The fourth-order valence-electron chi connectivity index (χ4n) is 5.82. The number of aryl methyl sites for hydroxylation is 1. The monoisotopic (exact) mass is 576 g/mol. The molecule has 0 saturated heterocycles. The molecule has 1 aliphatic carbocycles. The first-order valence-electron chi connectivity index (χ1n) is 13.9. The van der Waals surface area contributed by atoms with Gasteiger partial charge in [-0.2, -0.15) is 9.78 Å². The van der Waals surface area contributed by atoms with Gasteiger partial charge in [0.15, 0.2) is 5.78 Å².